The summed E-state index contributed by atoms with van der Waals surface area (Å²) in [5, 5.41) is 0. The lowest BCUT2D eigenvalue weighted by Gasteiger charge is -2.14. The van der Waals surface area contributed by atoms with Crippen LogP contribution in [0.15, 0.2) is 12.2 Å². The number of esters is 1. The predicted octanol–water partition coefficient (Wildman–Crippen LogP) is 3.14. The average molecular weight is 240 g/mol. The first-order valence-corrected chi connectivity index (χ1v) is 6.17. The van der Waals surface area contributed by atoms with Gasteiger partial charge in [0.15, 0.2) is 0 Å². The zero-order valence-corrected chi connectivity index (χ0v) is 11.4. The quantitative estimate of drug-likeness (QED) is 0.372. The van der Waals surface area contributed by atoms with E-state index in [9.17, 15) is 9.59 Å². The van der Waals surface area contributed by atoms with Crippen LogP contribution in [0.1, 0.15) is 47.0 Å². The number of carbonyl (C=O) groups excluding carboxylic acids is 2. The van der Waals surface area contributed by atoms with Gasteiger partial charge in [0, 0.05) is 6.92 Å². The lowest BCUT2D eigenvalue weighted by Crippen LogP contribution is -2.15. The van der Waals surface area contributed by atoms with Crippen LogP contribution in [-0.4, -0.2) is 18.4 Å². The van der Waals surface area contributed by atoms with Gasteiger partial charge < -0.3 is 4.74 Å². The van der Waals surface area contributed by atoms with Gasteiger partial charge in [-0.15, -0.1) is 0 Å². The zero-order chi connectivity index (χ0) is 13.4. The molecule has 0 rings (SSSR count). The van der Waals surface area contributed by atoms with E-state index in [0.717, 1.165) is 19.3 Å². The van der Waals surface area contributed by atoms with Crippen LogP contribution in [0.2, 0.25) is 0 Å². The van der Waals surface area contributed by atoms with Gasteiger partial charge in [0.1, 0.15) is 0 Å². The van der Waals surface area contributed by atoms with Crippen molar-refractivity contribution in [3.05, 3.63) is 12.2 Å². The third kappa shape index (κ3) is 8.66. The maximum atomic E-state index is 10.9. The molecule has 0 saturated carbocycles. The molecule has 0 heterocycles. The van der Waals surface area contributed by atoms with E-state index in [-0.39, 0.29) is 0 Å². The van der Waals surface area contributed by atoms with E-state index in [1.54, 1.807) is 0 Å². The number of hydrogen-bond acceptors (Lipinski definition) is 3. The third-order valence-corrected chi connectivity index (χ3v) is 2.47. The Morgan fingerprint density at radius 2 is 1.76 bits per heavy atom. The van der Waals surface area contributed by atoms with Crippen LogP contribution < -0.4 is 0 Å². The topological polar surface area (TPSA) is 43.4 Å². The molecule has 0 aromatic carbocycles. The summed E-state index contributed by atoms with van der Waals surface area (Å²) in [6.07, 6.45) is 2.77. The van der Waals surface area contributed by atoms with Crippen LogP contribution in [0.3, 0.4) is 0 Å². The molecule has 0 radical (unpaired) electrons. The molecule has 0 aliphatic carbocycles. The Labute approximate surface area is 104 Å². The molecule has 0 bridgehead atoms. The average Bonchev–Trinajstić information content (AvgIpc) is 2.15. The summed E-state index contributed by atoms with van der Waals surface area (Å²) >= 11 is 0. The smallest absolute Gasteiger partial charge is 0.374 e. The summed E-state index contributed by atoms with van der Waals surface area (Å²) in [6.45, 7) is 12.0. The molecule has 1 atom stereocenters. The molecule has 0 saturated heterocycles. The van der Waals surface area contributed by atoms with Crippen LogP contribution in [0.4, 0.5) is 0 Å². The number of ketones is 1. The molecule has 0 fully saturated rings. The van der Waals surface area contributed by atoms with Gasteiger partial charge in [0.2, 0.25) is 5.78 Å². The van der Waals surface area contributed by atoms with Crippen molar-refractivity contribution in [2.24, 2.45) is 11.8 Å². The molecule has 0 spiro atoms. The van der Waals surface area contributed by atoms with E-state index >= 15 is 0 Å². The van der Waals surface area contributed by atoms with Gasteiger partial charge >= 0.3 is 5.97 Å². The molecule has 0 aromatic rings. The summed E-state index contributed by atoms with van der Waals surface area (Å²) in [7, 11) is 0. The maximum absolute atomic E-state index is 10.9. The van der Waals surface area contributed by atoms with Crippen molar-refractivity contribution >= 4 is 11.8 Å². The second-order valence-corrected chi connectivity index (χ2v) is 5.14. The van der Waals surface area contributed by atoms with E-state index in [2.05, 4.69) is 27.4 Å². The van der Waals surface area contributed by atoms with Crippen molar-refractivity contribution in [3.63, 3.8) is 0 Å². The SMILES string of the molecule is C=C(CC(C)C)CC(C)CCOC(=O)C(C)=O. The van der Waals surface area contributed by atoms with Gasteiger partial charge in [0.25, 0.3) is 0 Å². The number of carbonyl (C=O) groups is 2. The number of hydrogen-bond donors (Lipinski definition) is 0. The summed E-state index contributed by atoms with van der Waals surface area (Å²) in [5.41, 5.74) is 1.24. The predicted molar refractivity (Wildman–Crippen MR) is 68.6 cm³/mol. The molecule has 0 amide bonds. The first kappa shape index (κ1) is 15.9. The van der Waals surface area contributed by atoms with Gasteiger partial charge in [-0.3, -0.25) is 4.79 Å². The highest BCUT2D eigenvalue weighted by Crippen LogP contribution is 2.19. The highest BCUT2D eigenvalue weighted by molar-refractivity contribution is 6.32. The van der Waals surface area contributed by atoms with E-state index in [0.29, 0.717) is 18.4 Å². The Morgan fingerprint density at radius 1 is 1.18 bits per heavy atom. The lowest BCUT2D eigenvalue weighted by atomic mass is 9.94. The van der Waals surface area contributed by atoms with E-state index in [1.165, 1.54) is 12.5 Å². The van der Waals surface area contributed by atoms with Crippen molar-refractivity contribution in [1.82, 2.24) is 0 Å². The third-order valence-electron chi connectivity index (χ3n) is 2.47. The van der Waals surface area contributed by atoms with E-state index < -0.39 is 11.8 Å². The molecule has 1 unspecified atom stereocenters. The van der Waals surface area contributed by atoms with Gasteiger partial charge in [-0.1, -0.05) is 32.9 Å². The molecule has 0 aliphatic heterocycles. The Balaban J connectivity index is 3.73. The van der Waals surface area contributed by atoms with Crippen molar-refractivity contribution in [3.8, 4) is 0 Å². The van der Waals surface area contributed by atoms with Gasteiger partial charge in [0.05, 0.1) is 6.61 Å². The van der Waals surface area contributed by atoms with E-state index in [4.69, 9.17) is 4.74 Å². The number of allylic oxidation sites excluding steroid dienone is 1. The van der Waals surface area contributed by atoms with Crippen molar-refractivity contribution in [2.45, 2.75) is 47.0 Å². The van der Waals surface area contributed by atoms with Crippen molar-refractivity contribution in [2.75, 3.05) is 6.61 Å². The molecule has 0 N–H and O–H groups in total. The standard InChI is InChI=1S/C14H24O3/c1-10(2)8-12(4)9-11(3)6-7-17-14(16)13(5)15/h10-11H,4,6-9H2,1-3,5H3. The molecular weight excluding hydrogens is 216 g/mol. The molecule has 0 aromatic heterocycles. The largest absolute Gasteiger partial charge is 0.460 e. The molecule has 17 heavy (non-hydrogen) atoms. The highest BCUT2D eigenvalue weighted by Gasteiger charge is 2.11. The second-order valence-electron chi connectivity index (χ2n) is 5.14. The molecule has 98 valence electrons. The fraction of sp³-hybridized carbons (Fsp3) is 0.714. The van der Waals surface area contributed by atoms with Crippen LogP contribution in [0.5, 0.6) is 0 Å². The molecule has 3 nitrogen and oxygen atoms in total. The van der Waals surface area contributed by atoms with Crippen molar-refractivity contribution < 1.29 is 14.3 Å². The first-order chi connectivity index (χ1) is 7.82. The summed E-state index contributed by atoms with van der Waals surface area (Å²) in [6, 6.07) is 0. The van der Waals surface area contributed by atoms with Crippen LogP contribution >= 0.6 is 0 Å². The monoisotopic (exact) mass is 240 g/mol. The van der Waals surface area contributed by atoms with Crippen LogP contribution in [0, 0.1) is 11.8 Å². The summed E-state index contributed by atoms with van der Waals surface area (Å²) in [4.78, 5) is 21.5. The summed E-state index contributed by atoms with van der Waals surface area (Å²) < 4.78 is 4.82. The minimum atomic E-state index is -0.738. The van der Waals surface area contributed by atoms with Gasteiger partial charge in [-0.2, -0.15) is 0 Å². The Kier molecular flexibility index (Phi) is 7.51. The Hall–Kier alpha value is -1.12. The van der Waals surface area contributed by atoms with Gasteiger partial charge in [-0.05, 0) is 31.1 Å². The fourth-order valence-electron chi connectivity index (χ4n) is 1.71. The summed E-state index contributed by atoms with van der Waals surface area (Å²) in [5.74, 6) is -0.216. The maximum Gasteiger partial charge on any atom is 0.374 e. The Morgan fingerprint density at radius 3 is 2.24 bits per heavy atom. The molecule has 0 aliphatic rings. The minimum absolute atomic E-state index is 0.314. The Bertz CT molecular complexity index is 279. The first-order valence-electron chi connectivity index (χ1n) is 6.17. The highest BCUT2D eigenvalue weighted by atomic mass is 16.5. The number of Topliss-reactive ketones (excluding diaryl/α,β-unsaturated/α-hetero) is 1. The lowest BCUT2D eigenvalue weighted by molar-refractivity contribution is -0.153. The van der Waals surface area contributed by atoms with Crippen molar-refractivity contribution in [1.29, 1.82) is 0 Å². The minimum Gasteiger partial charge on any atom is -0.460 e. The van der Waals surface area contributed by atoms with Crippen LogP contribution in [0.25, 0.3) is 0 Å². The van der Waals surface area contributed by atoms with Crippen LogP contribution in [-0.2, 0) is 14.3 Å². The zero-order valence-electron chi connectivity index (χ0n) is 11.4. The number of rotatable bonds is 8. The number of ether oxygens (including phenoxy) is 1. The van der Waals surface area contributed by atoms with Gasteiger partial charge in [-0.25, -0.2) is 4.79 Å². The molecule has 3 heteroatoms. The normalized spacial score (nSPS) is 12.3. The fourth-order valence-corrected chi connectivity index (χ4v) is 1.71. The molecular formula is C14H24O3. The van der Waals surface area contributed by atoms with E-state index in [1.807, 2.05) is 0 Å². The second kappa shape index (κ2) is 8.04.